The third-order valence-electron chi connectivity index (χ3n) is 1.96. The number of benzene rings is 1. The molecule has 0 radical (unpaired) electrons. The van der Waals surface area contributed by atoms with E-state index in [1.807, 2.05) is 0 Å². The van der Waals surface area contributed by atoms with Crippen LogP contribution in [0.4, 0.5) is 11.4 Å². The highest BCUT2D eigenvalue weighted by atomic mass is 16.3. The van der Waals surface area contributed by atoms with Gasteiger partial charge in [-0.1, -0.05) is 0 Å². The summed E-state index contributed by atoms with van der Waals surface area (Å²) in [6.07, 6.45) is 0. The second-order valence-electron chi connectivity index (χ2n) is 2.59. The van der Waals surface area contributed by atoms with Crippen molar-refractivity contribution in [3.8, 4) is 11.5 Å². The summed E-state index contributed by atoms with van der Waals surface area (Å²) in [5.74, 6) is 0.0677. The number of hydrogen-bond donors (Lipinski definition) is 4. The minimum atomic E-state index is 0.0338. The second-order valence-corrected chi connectivity index (χ2v) is 2.59. The molecule has 0 bridgehead atoms. The highest BCUT2D eigenvalue weighted by Gasteiger charge is 2.25. The van der Waals surface area contributed by atoms with Crippen molar-refractivity contribution in [1.29, 1.82) is 0 Å². The molecule has 6 heteroatoms. The summed E-state index contributed by atoms with van der Waals surface area (Å²) in [4.78, 5) is 0. The topological polar surface area (TPSA) is 96.8 Å². The number of aromatic nitrogens is 2. The Morgan fingerprint density at radius 3 is 1.50 bits per heavy atom. The molecule has 12 heavy (non-hydrogen) atoms. The molecule has 1 aromatic carbocycles. The summed E-state index contributed by atoms with van der Waals surface area (Å²) >= 11 is 0. The van der Waals surface area contributed by atoms with E-state index in [4.69, 9.17) is 0 Å². The first-order valence-electron chi connectivity index (χ1n) is 3.34. The molecule has 1 aliphatic rings. The van der Waals surface area contributed by atoms with Crippen LogP contribution < -0.4 is 0 Å². The van der Waals surface area contributed by atoms with Crippen molar-refractivity contribution < 1.29 is 10.2 Å². The SMILES string of the molecule is Oc1c2c(c(O)c3[nH][nH]c13)N=N2. The van der Waals surface area contributed by atoms with Crippen molar-refractivity contribution in [3.63, 3.8) is 0 Å². The molecule has 60 valence electrons. The highest BCUT2D eigenvalue weighted by Crippen LogP contribution is 2.54. The first kappa shape index (κ1) is 5.64. The molecule has 1 aliphatic heterocycles. The molecule has 0 spiro atoms. The predicted octanol–water partition coefficient (Wildman–Crippen LogP) is 1.64. The van der Waals surface area contributed by atoms with Crippen LogP contribution in [0.5, 0.6) is 11.5 Å². The van der Waals surface area contributed by atoms with Gasteiger partial charge < -0.3 is 10.2 Å². The fourth-order valence-corrected chi connectivity index (χ4v) is 1.25. The molecule has 6 nitrogen and oxygen atoms in total. The molecule has 0 atom stereocenters. The van der Waals surface area contributed by atoms with Gasteiger partial charge in [0.1, 0.15) is 11.0 Å². The summed E-state index contributed by atoms with van der Waals surface area (Å²) in [5, 5.41) is 31.3. The summed E-state index contributed by atoms with van der Waals surface area (Å²) < 4.78 is 0. The number of aromatic hydroxyl groups is 2. The Balaban J connectivity index is 2.55. The molecule has 0 fully saturated rings. The minimum absolute atomic E-state index is 0.0338. The van der Waals surface area contributed by atoms with Gasteiger partial charge in [-0.15, -0.1) is 10.2 Å². The molecule has 3 rings (SSSR count). The molecule has 0 aliphatic carbocycles. The van der Waals surface area contributed by atoms with Crippen molar-refractivity contribution in [3.05, 3.63) is 0 Å². The van der Waals surface area contributed by atoms with Crippen LogP contribution in [-0.2, 0) is 0 Å². The van der Waals surface area contributed by atoms with Gasteiger partial charge in [-0.2, -0.15) is 0 Å². The van der Waals surface area contributed by atoms with Crippen LogP contribution in [-0.4, -0.2) is 20.4 Å². The van der Waals surface area contributed by atoms with Crippen molar-refractivity contribution in [1.82, 2.24) is 10.2 Å². The van der Waals surface area contributed by atoms with Crippen LogP contribution in [0.1, 0.15) is 0 Å². The number of nitrogens with one attached hydrogen (secondary N) is 2. The number of phenols is 2. The van der Waals surface area contributed by atoms with E-state index in [9.17, 15) is 10.2 Å². The van der Waals surface area contributed by atoms with Crippen LogP contribution in [0.25, 0.3) is 11.0 Å². The summed E-state index contributed by atoms with van der Waals surface area (Å²) in [5.41, 5.74) is 1.65. The lowest BCUT2D eigenvalue weighted by Gasteiger charge is -2.15. The fraction of sp³-hybridized carbons (Fsp3) is 0. The normalized spacial score (nSPS) is 13.3. The average molecular weight is 164 g/mol. The fourth-order valence-electron chi connectivity index (χ4n) is 1.25. The third kappa shape index (κ3) is 0.385. The maximum absolute atomic E-state index is 9.43. The number of rotatable bonds is 0. The van der Waals surface area contributed by atoms with Crippen LogP contribution in [0.3, 0.4) is 0 Å². The Kier molecular flexibility index (Phi) is 0.681. The number of phenolic OH excluding ortho intramolecular Hbond substituents is 2. The first-order valence-corrected chi connectivity index (χ1v) is 3.34. The molecule has 0 saturated carbocycles. The van der Waals surface area contributed by atoms with Gasteiger partial charge in [0, 0.05) is 0 Å². The monoisotopic (exact) mass is 164 g/mol. The van der Waals surface area contributed by atoms with Crippen molar-refractivity contribution in [2.45, 2.75) is 0 Å². The standard InChI is InChI=1S/C6H4N4O2/c11-5-1-2(8-7-1)6(12)4-3(5)9-10-4/h7-8,11-12H. The Hall–Kier alpha value is -1.98. The van der Waals surface area contributed by atoms with Crippen LogP contribution in [0, 0.1) is 0 Å². The van der Waals surface area contributed by atoms with E-state index in [1.54, 1.807) is 0 Å². The number of H-pyrrole nitrogens is 2. The van der Waals surface area contributed by atoms with Crippen LogP contribution in [0.15, 0.2) is 10.2 Å². The van der Waals surface area contributed by atoms with Crippen molar-refractivity contribution in [2.75, 3.05) is 0 Å². The zero-order chi connectivity index (χ0) is 8.29. The van der Waals surface area contributed by atoms with E-state index in [1.165, 1.54) is 0 Å². The predicted molar refractivity (Wildman–Crippen MR) is 40.2 cm³/mol. The number of hydrogen-bond acceptors (Lipinski definition) is 4. The van der Waals surface area contributed by atoms with Gasteiger partial charge in [0.15, 0.2) is 22.9 Å². The van der Waals surface area contributed by atoms with Crippen LogP contribution in [0.2, 0.25) is 0 Å². The molecular formula is C6H4N4O2. The Morgan fingerprint density at radius 1 is 0.833 bits per heavy atom. The highest BCUT2D eigenvalue weighted by molar-refractivity contribution is 6.01. The second kappa shape index (κ2) is 1.45. The first-order chi connectivity index (χ1) is 5.79. The van der Waals surface area contributed by atoms with Crippen LogP contribution >= 0.6 is 0 Å². The lowest BCUT2D eigenvalue weighted by atomic mass is 10.1. The maximum atomic E-state index is 9.43. The molecule has 0 saturated heterocycles. The lowest BCUT2D eigenvalue weighted by molar-refractivity contribution is 0.463. The number of aromatic amines is 2. The summed E-state index contributed by atoms with van der Waals surface area (Å²) in [6, 6.07) is 0. The van der Waals surface area contributed by atoms with E-state index < -0.39 is 0 Å². The zero-order valence-electron chi connectivity index (χ0n) is 5.79. The minimum Gasteiger partial charge on any atom is -0.504 e. The smallest absolute Gasteiger partial charge is 0.173 e. The number of nitrogens with zero attached hydrogens (tertiary/aromatic N) is 2. The Morgan fingerprint density at radius 2 is 1.25 bits per heavy atom. The molecule has 0 amide bonds. The van der Waals surface area contributed by atoms with Gasteiger partial charge in [-0.05, 0) is 0 Å². The average Bonchev–Trinajstić information content (AvgIpc) is 1.78. The molecule has 2 aromatic rings. The molecule has 0 unspecified atom stereocenters. The van der Waals surface area contributed by atoms with Gasteiger partial charge >= 0.3 is 0 Å². The largest absolute Gasteiger partial charge is 0.504 e. The molecule has 2 heterocycles. The molecular weight excluding hydrogens is 160 g/mol. The van der Waals surface area contributed by atoms with E-state index in [0.717, 1.165) is 0 Å². The van der Waals surface area contributed by atoms with Gasteiger partial charge in [-0.25, -0.2) is 0 Å². The quantitative estimate of drug-likeness (QED) is 0.380. The van der Waals surface area contributed by atoms with Crippen molar-refractivity contribution >= 4 is 22.4 Å². The Bertz CT molecular complexity index is 462. The van der Waals surface area contributed by atoms with E-state index in [-0.39, 0.29) is 11.5 Å². The van der Waals surface area contributed by atoms with E-state index >= 15 is 0 Å². The Labute approximate surface area is 65.5 Å². The third-order valence-corrected chi connectivity index (χ3v) is 1.96. The van der Waals surface area contributed by atoms with Gasteiger partial charge in [0.2, 0.25) is 0 Å². The molecule has 1 aromatic heterocycles. The van der Waals surface area contributed by atoms with E-state index in [2.05, 4.69) is 20.4 Å². The summed E-state index contributed by atoms with van der Waals surface area (Å²) in [6.45, 7) is 0. The van der Waals surface area contributed by atoms with Crippen molar-refractivity contribution in [2.24, 2.45) is 10.2 Å². The molecule has 4 N–H and O–H groups in total. The van der Waals surface area contributed by atoms with Gasteiger partial charge in [0.25, 0.3) is 0 Å². The number of azo groups is 1. The zero-order valence-corrected chi connectivity index (χ0v) is 5.79. The maximum Gasteiger partial charge on any atom is 0.173 e. The summed E-state index contributed by atoms with van der Waals surface area (Å²) in [7, 11) is 0. The number of fused-ring (bicyclic) bond motifs is 2. The van der Waals surface area contributed by atoms with Gasteiger partial charge in [0.05, 0.1) is 0 Å². The lowest BCUT2D eigenvalue weighted by Crippen LogP contribution is -1.94. The van der Waals surface area contributed by atoms with Gasteiger partial charge in [-0.3, -0.25) is 10.2 Å². The van der Waals surface area contributed by atoms with E-state index in [0.29, 0.717) is 22.4 Å².